The highest BCUT2D eigenvalue weighted by atomic mass is 16.8. The summed E-state index contributed by atoms with van der Waals surface area (Å²) in [6.07, 6.45) is -21.1. The van der Waals surface area contributed by atoms with Gasteiger partial charge in [0.25, 0.3) is 0 Å². The standard InChI is InChI=1S/C52H86O23/c1-21(20-67-46-40(62)38(60)35(57)30(17-53)70-46)9-14-52(66-6)22(2)33-29(75-52)16-28-26-8-7-24-15-25(10-12-50(24,4)27(26)11-13-51(28,33)5)69-49-45(74-47-41(63)37(59)34(56)23(3)68-47)43(65)44(32(19-55)72-49)73-48-42(64)39(61)36(58)31(18-54)71-48/h7,21-23,25-49,53-65H,8-20H2,1-6H3/t21-,22+,23+,25+,26-,27+,28+,29+,30-,31-,32-,33+,34+,35-,36-,37-,38+,39+,40-,41-,42-,43+,44-,45-,46-,47+,48+,49-,50+,51+,52-/m1/s1. The molecule has 5 aliphatic heterocycles. The number of hydrogen-bond donors (Lipinski definition) is 13. The third-order valence-corrected chi connectivity index (χ3v) is 19.8. The SMILES string of the molecule is CO[C@]1(CC[C@@H](C)CO[C@@H]2O[C@H](CO)[C@@H](O)[C@H](O)[C@H]2O)O[C@H]2C[C@H]3[C@@H]4CC=C5C[C@@H](O[C@@H]6O[C@H](CO)[C@@H](O[C@@H]7O[C@H](CO)[C@@H](O)[C@H](O)[C@H]7O)[C@H](O)[C@H]6O[C@@H]6O[C@@H](C)[C@H](O)[C@@H](O)[C@H]6O)CC[C@]5(C)[C@H]4CC[C@]3(C)[C@H]2[C@@H]1C. The summed E-state index contributed by atoms with van der Waals surface area (Å²) in [5, 5.41) is 137. The van der Waals surface area contributed by atoms with Crippen molar-refractivity contribution in [1.29, 1.82) is 0 Å². The molecule has 13 N–H and O–H groups in total. The van der Waals surface area contributed by atoms with Gasteiger partial charge < -0.3 is 114 Å². The molecule has 0 bridgehead atoms. The van der Waals surface area contributed by atoms with Gasteiger partial charge in [0.1, 0.15) is 91.6 Å². The van der Waals surface area contributed by atoms with E-state index >= 15 is 0 Å². The van der Waals surface area contributed by atoms with Crippen LogP contribution in [0.3, 0.4) is 0 Å². The van der Waals surface area contributed by atoms with E-state index < -0.39 is 155 Å². The third-order valence-electron chi connectivity index (χ3n) is 19.8. The van der Waals surface area contributed by atoms with E-state index in [1.165, 1.54) is 12.5 Å². The minimum Gasteiger partial charge on any atom is -0.394 e. The normalized spacial score (nSPS) is 54.3. The Morgan fingerprint density at radius 1 is 0.640 bits per heavy atom. The van der Waals surface area contributed by atoms with E-state index in [2.05, 4.69) is 26.8 Å². The minimum atomic E-state index is -1.85. The molecule has 0 aromatic carbocycles. The summed E-state index contributed by atoms with van der Waals surface area (Å²) in [4.78, 5) is 0. The van der Waals surface area contributed by atoms with Gasteiger partial charge in [0.05, 0.1) is 44.7 Å². The van der Waals surface area contributed by atoms with Crippen LogP contribution in [0.1, 0.15) is 92.4 Å². The van der Waals surface area contributed by atoms with Gasteiger partial charge in [-0.25, -0.2) is 0 Å². The maximum absolute atomic E-state index is 12.1. The van der Waals surface area contributed by atoms with Gasteiger partial charge in [0.2, 0.25) is 0 Å². The summed E-state index contributed by atoms with van der Waals surface area (Å²) in [7, 11) is 1.71. The Hall–Kier alpha value is -1.18. The maximum atomic E-state index is 12.1. The molecule has 5 saturated heterocycles. The molecule has 0 amide bonds. The Labute approximate surface area is 437 Å². The maximum Gasteiger partial charge on any atom is 0.187 e. The van der Waals surface area contributed by atoms with Crippen molar-refractivity contribution < 1.29 is 114 Å². The average molecular weight is 1080 g/mol. The van der Waals surface area contributed by atoms with Crippen molar-refractivity contribution in [2.24, 2.45) is 46.3 Å². The lowest BCUT2D eigenvalue weighted by Crippen LogP contribution is -2.67. The van der Waals surface area contributed by atoms with Gasteiger partial charge in [-0.1, -0.05) is 39.3 Å². The van der Waals surface area contributed by atoms with Crippen molar-refractivity contribution in [1.82, 2.24) is 0 Å². The number of ether oxygens (including phenoxy) is 10. The molecule has 432 valence electrons. The van der Waals surface area contributed by atoms with E-state index in [1.807, 2.05) is 6.92 Å². The summed E-state index contributed by atoms with van der Waals surface area (Å²) >= 11 is 0. The van der Waals surface area contributed by atoms with E-state index in [9.17, 15) is 66.4 Å². The van der Waals surface area contributed by atoms with Crippen LogP contribution in [-0.2, 0) is 47.4 Å². The molecule has 0 aromatic rings. The zero-order valence-corrected chi connectivity index (χ0v) is 43.8. The Bertz CT molecular complexity index is 1930. The molecule has 75 heavy (non-hydrogen) atoms. The van der Waals surface area contributed by atoms with Crippen LogP contribution in [0.5, 0.6) is 0 Å². The monoisotopic (exact) mass is 1080 g/mol. The molecule has 31 atom stereocenters. The summed E-state index contributed by atoms with van der Waals surface area (Å²) in [5.74, 6) is 0.806. The fraction of sp³-hybridized carbons (Fsp3) is 0.962. The number of hydrogen-bond acceptors (Lipinski definition) is 23. The first-order valence-corrected chi connectivity index (χ1v) is 27.3. The lowest BCUT2D eigenvalue weighted by Gasteiger charge is -2.58. The quantitative estimate of drug-likeness (QED) is 0.0720. The van der Waals surface area contributed by atoms with Crippen LogP contribution in [0.2, 0.25) is 0 Å². The highest BCUT2D eigenvalue weighted by Gasteiger charge is 2.68. The molecule has 23 heteroatoms. The number of methoxy groups -OCH3 is 1. The largest absolute Gasteiger partial charge is 0.394 e. The third kappa shape index (κ3) is 10.5. The van der Waals surface area contributed by atoms with Gasteiger partial charge in [-0.15, -0.1) is 0 Å². The Balaban J connectivity index is 0.856. The van der Waals surface area contributed by atoms with Crippen molar-refractivity contribution in [3.05, 3.63) is 11.6 Å². The van der Waals surface area contributed by atoms with Crippen LogP contribution >= 0.6 is 0 Å². The molecule has 3 saturated carbocycles. The highest BCUT2D eigenvalue weighted by molar-refractivity contribution is 5.26. The fourth-order valence-corrected chi connectivity index (χ4v) is 15.3. The topological polar surface area (TPSA) is 355 Å². The summed E-state index contributed by atoms with van der Waals surface area (Å²) < 4.78 is 61.3. The van der Waals surface area contributed by atoms with Crippen molar-refractivity contribution in [2.75, 3.05) is 33.5 Å². The Morgan fingerprint density at radius 2 is 1.23 bits per heavy atom. The van der Waals surface area contributed by atoms with Gasteiger partial charge in [-0.05, 0) is 98.7 Å². The first-order chi connectivity index (χ1) is 35.6. The molecule has 9 aliphatic rings. The lowest BCUT2D eigenvalue weighted by atomic mass is 9.47. The second-order valence-corrected chi connectivity index (χ2v) is 24.0. The number of allylic oxidation sites excluding steroid dienone is 1. The lowest BCUT2D eigenvalue weighted by molar-refractivity contribution is -0.389. The zero-order chi connectivity index (χ0) is 54.2. The van der Waals surface area contributed by atoms with Gasteiger partial charge in [0, 0.05) is 19.4 Å². The number of fused-ring (bicyclic) bond motifs is 7. The molecule has 9 rings (SSSR count). The van der Waals surface area contributed by atoms with Crippen molar-refractivity contribution in [2.45, 2.75) is 233 Å². The van der Waals surface area contributed by atoms with Gasteiger partial charge >= 0.3 is 0 Å². The molecular weight excluding hydrogens is 993 g/mol. The average Bonchev–Trinajstić information content (AvgIpc) is 3.86. The van der Waals surface area contributed by atoms with E-state index in [1.54, 1.807) is 7.11 Å². The highest BCUT2D eigenvalue weighted by Crippen LogP contribution is 2.70. The van der Waals surface area contributed by atoms with Crippen molar-refractivity contribution >= 4 is 0 Å². The van der Waals surface area contributed by atoms with Gasteiger partial charge in [-0.3, -0.25) is 0 Å². The van der Waals surface area contributed by atoms with E-state index in [4.69, 9.17) is 47.4 Å². The second kappa shape index (κ2) is 23.0. The summed E-state index contributed by atoms with van der Waals surface area (Å²) in [6.45, 7) is 8.76. The zero-order valence-electron chi connectivity index (χ0n) is 43.8. The fourth-order valence-electron chi connectivity index (χ4n) is 15.3. The molecule has 0 radical (unpaired) electrons. The van der Waals surface area contributed by atoms with Crippen LogP contribution < -0.4 is 0 Å². The Morgan fingerprint density at radius 3 is 1.87 bits per heavy atom. The molecule has 0 spiro atoms. The van der Waals surface area contributed by atoms with Crippen LogP contribution in [0, 0.1) is 46.3 Å². The predicted molar refractivity (Wildman–Crippen MR) is 255 cm³/mol. The van der Waals surface area contributed by atoms with Crippen LogP contribution in [-0.4, -0.2) is 241 Å². The number of rotatable bonds is 16. The van der Waals surface area contributed by atoms with Gasteiger partial charge in [-0.2, -0.15) is 0 Å². The van der Waals surface area contributed by atoms with E-state index in [0.29, 0.717) is 43.4 Å². The van der Waals surface area contributed by atoms with Gasteiger partial charge in [0.15, 0.2) is 30.9 Å². The first kappa shape index (κ1) is 58.5. The van der Waals surface area contributed by atoms with Crippen molar-refractivity contribution in [3.8, 4) is 0 Å². The molecule has 8 fully saturated rings. The molecule has 23 nitrogen and oxygen atoms in total. The number of aliphatic hydroxyl groups is 13. The molecule has 4 aliphatic carbocycles. The van der Waals surface area contributed by atoms with Crippen molar-refractivity contribution in [3.63, 3.8) is 0 Å². The van der Waals surface area contributed by atoms with Crippen LogP contribution in [0.25, 0.3) is 0 Å². The predicted octanol–water partition coefficient (Wildman–Crippen LogP) is -2.35. The molecule has 0 unspecified atom stereocenters. The first-order valence-electron chi connectivity index (χ1n) is 27.3. The molecular formula is C52H86O23. The van der Waals surface area contributed by atoms with E-state index in [0.717, 1.165) is 32.1 Å². The van der Waals surface area contributed by atoms with Crippen LogP contribution in [0.15, 0.2) is 11.6 Å². The smallest absolute Gasteiger partial charge is 0.187 e. The summed E-state index contributed by atoms with van der Waals surface area (Å²) in [5.41, 5.74) is 1.14. The minimum absolute atomic E-state index is 0.00195. The number of aliphatic hydroxyl groups excluding tert-OH is 13. The molecule has 0 aromatic heterocycles. The van der Waals surface area contributed by atoms with Crippen LogP contribution in [0.4, 0.5) is 0 Å². The Kier molecular flexibility index (Phi) is 17.9. The summed E-state index contributed by atoms with van der Waals surface area (Å²) in [6, 6.07) is 0. The second-order valence-electron chi connectivity index (χ2n) is 24.0. The van der Waals surface area contributed by atoms with E-state index in [-0.39, 0.29) is 41.3 Å². The molecule has 5 heterocycles.